The van der Waals surface area contributed by atoms with Crippen molar-refractivity contribution in [3.8, 4) is 11.8 Å². The molecule has 9 nitrogen and oxygen atoms in total. The van der Waals surface area contributed by atoms with Gasteiger partial charge in [0.1, 0.15) is 29.5 Å². The lowest BCUT2D eigenvalue weighted by molar-refractivity contribution is -0.129. The molecule has 1 spiro atoms. The zero-order chi connectivity index (χ0) is 26.7. The third kappa shape index (κ3) is 4.90. The van der Waals surface area contributed by atoms with Crippen LogP contribution >= 0.6 is 0 Å². The van der Waals surface area contributed by atoms with Crippen LogP contribution in [0.3, 0.4) is 0 Å². The fourth-order valence-electron chi connectivity index (χ4n) is 5.60. The van der Waals surface area contributed by atoms with Crippen molar-refractivity contribution in [2.75, 3.05) is 13.1 Å². The van der Waals surface area contributed by atoms with Crippen LogP contribution in [0, 0.1) is 16.7 Å². The molecule has 1 aliphatic heterocycles. The van der Waals surface area contributed by atoms with E-state index in [9.17, 15) is 10.1 Å². The van der Waals surface area contributed by atoms with Crippen LogP contribution in [-0.2, 0) is 11.4 Å². The van der Waals surface area contributed by atoms with Gasteiger partial charge in [0.25, 0.3) is 0 Å². The summed E-state index contributed by atoms with van der Waals surface area (Å²) in [5.74, 6) is 0.541. The molecule has 0 radical (unpaired) electrons. The lowest BCUT2D eigenvalue weighted by Gasteiger charge is -2.51. The van der Waals surface area contributed by atoms with Gasteiger partial charge >= 0.3 is 0 Å². The molecule has 0 unspecified atom stereocenters. The molecule has 2 aliphatic rings. The number of hydrogen-bond donors (Lipinski definition) is 1. The molecule has 2 N–H and O–H groups in total. The van der Waals surface area contributed by atoms with Crippen molar-refractivity contribution >= 4 is 22.7 Å². The number of fused-ring (bicyclic) bond motifs is 1. The van der Waals surface area contributed by atoms with E-state index < -0.39 is 0 Å². The van der Waals surface area contributed by atoms with Gasteiger partial charge in [-0.1, -0.05) is 12.6 Å². The van der Waals surface area contributed by atoms with Crippen LogP contribution < -0.4 is 10.5 Å². The highest BCUT2D eigenvalue weighted by molar-refractivity contribution is 6.22. The Balaban J connectivity index is 1.34. The first-order chi connectivity index (χ1) is 18.4. The Bertz CT molecular complexity index is 1450. The Labute approximate surface area is 221 Å². The molecule has 2 fully saturated rings. The molecule has 0 atom stereocenters. The highest BCUT2D eigenvalue weighted by Crippen LogP contribution is 2.50. The molecule has 194 valence electrons. The van der Waals surface area contributed by atoms with E-state index in [1.165, 1.54) is 12.3 Å². The van der Waals surface area contributed by atoms with E-state index in [0.29, 0.717) is 16.8 Å². The summed E-state index contributed by atoms with van der Waals surface area (Å²) in [5.41, 5.74) is 10.6. The molecule has 1 aliphatic carbocycles. The first-order valence-electron chi connectivity index (χ1n) is 12.8. The molecule has 9 heteroatoms. The zero-order valence-electron chi connectivity index (χ0n) is 21.5. The van der Waals surface area contributed by atoms with E-state index >= 15 is 0 Å². The predicted molar refractivity (Wildman–Crippen MR) is 145 cm³/mol. The van der Waals surface area contributed by atoms with Gasteiger partial charge in [0.2, 0.25) is 5.91 Å². The summed E-state index contributed by atoms with van der Waals surface area (Å²) in [6.07, 6.45) is 12.1. The van der Waals surface area contributed by atoms with Gasteiger partial charge in [0, 0.05) is 48.5 Å². The van der Waals surface area contributed by atoms with Gasteiger partial charge in [-0.3, -0.25) is 14.8 Å². The van der Waals surface area contributed by atoms with Crippen LogP contribution in [0.2, 0.25) is 0 Å². The third-order valence-electron chi connectivity index (χ3n) is 7.69. The first kappa shape index (κ1) is 25.2. The number of piperidine rings is 1. The number of aliphatic imine (C=N–C) groups is 1. The first-order valence-corrected chi connectivity index (χ1v) is 12.8. The summed E-state index contributed by atoms with van der Waals surface area (Å²) < 4.78 is 7.77. The van der Waals surface area contributed by atoms with Crippen molar-refractivity contribution < 1.29 is 9.53 Å². The number of ether oxygens (including phenoxy) is 1. The average Bonchev–Trinajstić information content (AvgIpc) is 3.35. The summed E-state index contributed by atoms with van der Waals surface area (Å²) in [6.45, 7) is 7.39. The Kier molecular flexibility index (Phi) is 6.97. The molecule has 1 amide bonds. The van der Waals surface area contributed by atoms with Crippen LogP contribution in [0.5, 0.6) is 5.75 Å². The van der Waals surface area contributed by atoms with E-state index in [0.717, 1.165) is 61.3 Å². The molecule has 0 aromatic carbocycles. The van der Waals surface area contributed by atoms with Gasteiger partial charge in [-0.15, -0.1) is 0 Å². The molecule has 38 heavy (non-hydrogen) atoms. The van der Waals surface area contributed by atoms with Crippen LogP contribution in [0.4, 0.5) is 0 Å². The second-order valence-electron chi connectivity index (χ2n) is 10.1. The van der Waals surface area contributed by atoms with Crippen molar-refractivity contribution in [1.82, 2.24) is 19.5 Å². The maximum atomic E-state index is 11.9. The van der Waals surface area contributed by atoms with Crippen molar-refractivity contribution in [3.63, 3.8) is 0 Å². The summed E-state index contributed by atoms with van der Waals surface area (Å²) in [4.78, 5) is 23.1. The fraction of sp³-hybridized carbons (Fsp3) is 0.345. The maximum Gasteiger partial charge on any atom is 0.245 e. The molecular formula is C29H31N7O2. The van der Waals surface area contributed by atoms with Gasteiger partial charge in [-0.05, 0) is 62.3 Å². The van der Waals surface area contributed by atoms with Crippen molar-refractivity contribution in [2.24, 2.45) is 16.1 Å². The Morgan fingerprint density at radius 2 is 2.16 bits per heavy atom. The van der Waals surface area contributed by atoms with Crippen LogP contribution in [0.15, 0.2) is 66.7 Å². The van der Waals surface area contributed by atoms with Gasteiger partial charge in [0.05, 0.1) is 17.9 Å². The molecule has 3 aromatic rings. The van der Waals surface area contributed by atoms with E-state index in [4.69, 9.17) is 15.5 Å². The lowest BCUT2D eigenvalue weighted by Crippen LogP contribution is -2.49. The Morgan fingerprint density at radius 3 is 2.82 bits per heavy atom. The number of nitriles is 1. The number of hydrogen-bond acceptors (Lipinski definition) is 7. The molecular weight excluding hydrogens is 478 g/mol. The quantitative estimate of drug-likeness (QED) is 0.381. The van der Waals surface area contributed by atoms with Crippen molar-refractivity contribution in [3.05, 3.63) is 78.5 Å². The number of rotatable bonds is 7. The second kappa shape index (κ2) is 10.5. The number of pyridine rings is 2. The minimum absolute atomic E-state index is 0.0155. The van der Waals surface area contributed by atoms with Crippen LogP contribution in [0.1, 0.15) is 49.4 Å². The number of amides is 1. The molecule has 0 bridgehead atoms. The normalized spacial score (nSPS) is 17.7. The van der Waals surface area contributed by atoms with Gasteiger partial charge in [-0.25, -0.2) is 4.52 Å². The number of likely N-dealkylation sites (tertiary alicyclic amines) is 1. The average molecular weight is 510 g/mol. The summed E-state index contributed by atoms with van der Waals surface area (Å²) in [5, 5.41) is 14.0. The van der Waals surface area contributed by atoms with E-state index in [1.807, 2.05) is 42.3 Å². The number of aromatic nitrogens is 3. The molecule has 5 rings (SSSR count). The van der Waals surface area contributed by atoms with Gasteiger partial charge < -0.3 is 15.4 Å². The summed E-state index contributed by atoms with van der Waals surface area (Å²) >= 11 is 0. The number of nitrogens with two attached hydrogens (primary N) is 1. The van der Waals surface area contributed by atoms with E-state index in [2.05, 4.69) is 22.7 Å². The number of carbonyl (C=O) groups excluding carboxylic acids is 1. The Hall–Kier alpha value is -4.45. The number of carbonyl (C=O) groups is 1. The highest BCUT2D eigenvalue weighted by Gasteiger charge is 2.46. The molecule has 3 aromatic heterocycles. The highest BCUT2D eigenvalue weighted by atomic mass is 16.5. The topological polar surface area (TPSA) is 122 Å². The standard InChI is InChI=1S/C29H31N7O2/c1-3-27(37)35-10-7-29(8-11-35)13-24(14-29)34-20(2)25(16-31)21-12-26(38-19-23-6-4-5-9-32-23)28-22(15-30)17-33-36(28)18-21/h3-6,9,12,16-18,24H,1,7-8,10-11,13-14,19,31H2,2H3/b25-16+,34-20?. The minimum atomic E-state index is 0.0155. The third-order valence-corrected chi connectivity index (χ3v) is 7.69. The fourth-order valence-corrected chi connectivity index (χ4v) is 5.60. The lowest BCUT2D eigenvalue weighted by atomic mass is 9.60. The van der Waals surface area contributed by atoms with Crippen molar-refractivity contribution in [2.45, 2.75) is 45.3 Å². The van der Waals surface area contributed by atoms with Gasteiger partial charge in [-0.2, -0.15) is 10.4 Å². The maximum absolute atomic E-state index is 11.9. The van der Waals surface area contributed by atoms with Crippen LogP contribution in [0.25, 0.3) is 11.1 Å². The molecule has 4 heterocycles. The minimum Gasteiger partial charge on any atom is -0.485 e. The number of nitrogens with zero attached hydrogens (tertiary/aromatic N) is 6. The monoisotopic (exact) mass is 509 g/mol. The SMILES string of the molecule is C=CC(=O)N1CCC2(CC1)CC(N=C(C)/C(=C\N)c1cc(OCc3ccccn3)c3c(C#N)cnn3c1)C2. The largest absolute Gasteiger partial charge is 0.485 e. The second-order valence-corrected chi connectivity index (χ2v) is 10.1. The smallest absolute Gasteiger partial charge is 0.245 e. The zero-order valence-corrected chi connectivity index (χ0v) is 21.5. The van der Waals surface area contributed by atoms with E-state index in [-0.39, 0.29) is 24.0 Å². The predicted octanol–water partition coefficient (Wildman–Crippen LogP) is 3.90. The summed E-state index contributed by atoms with van der Waals surface area (Å²) in [7, 11) is 0. The summed E-state index contributed by atoms with van der Waals surface area (Å²) in [6, 6.07) is 9.94. The molecule has 1 saturated heterocycles. The van der Waals surface area contributed by atoms with E-state index in [1.54, 1.807) is 16.9 Å². The molecule has 1 saturated carbocycles. The number of allylic oxidation sites excluding steroid dienone is 1. The Morgan fingerprint density at radius 1 is 1.37 bits per heavy atom. The van der Waals surface area contributed by atoms with Gasteiger partial charge in [0.15, 0.2) is 0 Å². The van der Waals surface area contributed by atoms with Crippen molar-refractivity contribution in [1.29, 1.82) is 5.26 Å². The van der Waals surface area contributed by atoms with Crippen LogP contribution in [-0.4, -0.2) is 50.2 Å².